The Bertz CT molecular complexity index is 1360. The highest BCUT2D eigenvalue weighted by atomic mass is 32.1. The lowest BCUT2D eigenvalue weighted by Crippen LogP contribution is -2.31. The molecule has 0 aliphatic carbocycles. The number of carbonyl (C=O) groups excluding carboxylic acids is 3. The molecule has 1 amide bonds. The van der Waals surface area contributed by atoms with Crippen molar-refractivity contribution in [3.8, 4) is 0 Å². The van der Waals surface area contributed by atoms with E-state index >= 15 is 0 Å². The van der Waals surface area contributed by atoms with Gasteiger partial charge < -0.3 is 19.9 Å². The van der Waals surface area contributed by atoms with Gasteiger partial charge in [0.15, 0.2) is 5.69 Å². The molecule has 3 aromatic rings. The van der Waals surface area contributed by atoms with Gasteiger partial charge in [-0.05, 0) is 32.4 Å². The first-order valence-electron chi connectivity index (χ1n) is 10.2. The van der Waals surface area contributed by atoms with Crippen molar-refractivity contribution in [3.63, 3.8) is 0 Å². The Morgan fingerprint density at radius 2 is 1.68 bits per heavy atom. The fourth-order valence-electron chi connectivity index (χ4n) is 3.24. The lowest BCUT2D eigenvalue weighted by molar-refractivity contribution is -0.117. The van der Waals surface area contributed by atoms with Crippen molar-refractivity contribution in [3.05, 3.63) is 56.3 Å². The van der Waals surface area contributed by atoms with Crippen LogP contribution in [0.5, 0.6) is 0 Å². The molecule has 3 rings (SSSR count). The molecule has 0 fully saturated rings. The summed E-state index contributed by atoms with van der Waals surface area (Å²) in [7, 11) is 0. The summed E-state index contributed by atoms with van der Waals surface area (Å²) in [6.45, 7) is 4.34. The minimum Gasteiger partial charge on any atom is -0.476 e. The first-order valence-corrected chi connectivity index (χ1v) is 11.0. The molecule has 0 unspecified atom stereocenters. The molecule has 0 spiro atoms. The van der Waals surface area contributed by atoms with E-state index in [1.165, 1.54) is 19.1 Å². The van der Waals surface area contributed by atoms with Crippen LogP contribution in [0.3, 0.4) is 0 Å². The lowest BCUT2D eigenvalue weighted by Gasteiger charge is -2.10. The van der Waals surface area contributed by atoms with Gasteiger partial charge in [-0.15, -0.1) is 11.3 Å². The average Bonchev–Trinajstić information content (AvgIpc) is 3.11. The van der Waals surface area contributed by atoms with Gasteiger partial charge in [0, 0.05) is 5.39 Å². The third-order valence-electron chi connectivity index (χ3n) is 4.70. The number of hydrogen-bond donors (Lipinski definition) is 2. The Hall–Kier alpha value is -4.06. The average molecular weight is 487 g/mol. The molecule has 2 aromatic heterocycles. The number of nitrogens with one attached hydrogen (secondary N) is 1. The van der Waals surface area contributed by atoms with E-state index in [1.54, 1.807) is 26.0 Å². The van der Waals surface area contributed by atoms with Crippen LogP contribution in [0.15, 0.2) is 29.1 Å². The minimum absolute atomic E-state index is 0.00621. The highest BCUT2D eigenvalue weighted by Crippen LogP contribution is 2.34. The maximum absolute atomic E-state index is 12.8. The van der Waals surface area contributed by atoms with Crippen LogP contribution in [0.25, 0.3) is 10.8 Å². The molecule has 0 bridgehead atoms. The van der Waals surface area contributed by atoms with Crippen molar-refractivity contribution in [2.24, 2.45) is 0 Å². The number of thiophene rings is 1. The zero-order valence-corrected chi connectivity index (χ0v) is 19.4. The Labute approximate surface area is 196 Å². The van der Waals surface area contributed by atoms with Crippen LogP contribution in [0.4, 0.5) is 5.00 Å². The molecule has 0 saturated carbocycles. The van der Waals surface area contributed by atoms with Crippen molar-refractivity contribution >= 4 is 50.9 Å². The number of anilines is 1. The van der Waals surface area contributed by atoms with E-state index in [0.29, 0.717) is 0 Å². The van der Waals surface area contributed by atoms with Gasteiger partial charge in [-0.2, -0.15) is 5.10 Å². The normalized spacial score (nSPS) is 10.7. The Kier molecular flexibility index (Phi) is 7.41. The van der Waals surface area contributed by atoms with Crippen LogP contribution < -0.4 is 10.9 Å². The molecule has 0 radical (unpaired) electrons. The molecule has 2 N–H and O–H groups in total. The van der Waals surface area contributed by atoms with E-state index in [1.807, 2.05) is 0 Å². The Balaban J connectivity index is 1.98. The van der Waals surface area contributed by atoms with Crippen LogP contribution in [0.2, 0.25) is 0 Å². The van der Waals surface area contributed by atoms with Gasteiger partial charge in [0.1, 0.15) is 16.4 Å². The number of aromatic nitrogens is 2. The monoisotopic (exact) mass is 487 g/mol. The number of rotatable bonds is 8. The summed E-state index contributed by atoms with van der Waals surface area (Å²) >= 11 is 0.833. The maximum Gasteiger partial charge on any atom is 0.357 e. The fourth-order valence-corrected chi connectivity index (χ4v) is 4.35. The molecule has 1 aromatic carbocycles. The first kappa shape index (κ1) is 24.6. The molecule has 2 heterocycles. The van der Waals surface area contributed by atoms with E-state index in [0.717, 1.165) is 16.0 Å². The second-order valence-corrected chi connectivity index (χ2v) is 7.93. The quantitative estimate of drug-likeness (QED) is 0.456. The number of carbonyl (C=O) groups is 4. The molecule has 0 saturated heterocycles. The molecule has 178 valence electrons. The Morgan fingerprint density at radius 3 is 2.29 bits per heavy atom. The molecular formula is C22H21N3O8S. The summed E-state index contributed by atoms with van der Waals surface area (Å²) in [6.07, 6.45) is 0. The second-order valence-electron chi connectivity index (χ2n) is 6.91. The van der Waals surface area contributed by atoms with Gasteiger partial charge in [-0.1, -0.05) is 18.2 Å². The first-order chi connectivity index (χ1) is 16.2. The van der Waals surface area contributed by atoms with Gasteiger partial charge in [0.2, 0.25) is 5.91 Å². The van der Waals surface area contributed by atoms with Crippen LogP contribution in [-0.2, 0) is 20.8 Å². The summed E-state index contributed by atoms with van der Waals surface area (Å²) in [5.41, 5.74) is -0.762. The number of aromatic carboxylic acids is 1. The van der Waals surface area contributed by atoms with Gasteiger partial charge in [-0.25, -0.2) is 19.1 Å². The molecule has 11 nitrogen and oxygen atoms in total. The van der Waals surface area contributed by atoms with Gasteiger partial charge in [-0.3, -0.25) is 9.59 Å². The van der Waals surface area contributed by atoms with Crippen LogP contribution in [0.1, 0.15) is 49.9 Å². The van der Waals surface area contributed by atoms with Crippen LogP contribution in [-0.4, -0.2) is 51.9 Å². The largest absolute Gasteiger partial charge is 0.476 e. The number of fused-ring (bicyclic) bond motifs is 1. The number of carboxylic acid groups (broad SMARTS) is 1. The number of carboxylic acids is 1. The van der Waals surface area contributed by atoms with E-state index in [2.05, 4.69) is 10.4 Å². The predicted octanol–water partition coefficient (Wildman–Crippen LogP) is 2.46. The standard InChI is InChI=1S/C22H21N3O8S/c1-4-32-21(30)15-11(3)17(22(31)33-5-2)34-18(15)23-14(26)10-25-19(27)13-9-7-6-8-12(13)16(24-25)20(28)29/h6-9H,4-5,10H2,1-3H3,(H,23,26)(H,28,29). The number of benzene rings is 1. The molecule has 34 heavy (non-hydrogen) atoms. The van der Waals surface area contributed by atoms with Gasteiger partial charge >= 0.3 is 17.9 Å². The van der Waals surface area contributed by atoms with E-state index < -0.39 is 35.9 Å². The lowest BCUT2D eigenvalue weighted by atomic mass is 10.1. The number of amides is 1. The summed E-state index contributed by atoms with van der Waals surface area (Å²) in [5, 5.41) is 16.1. The zero-order chi connectivity index (χ0) is 25.0. The van der Waals surface area contributed by atoms with Gasteiger partial charge in [0.05, 0.1) is 24.2 Å². The van der Waals surface area contributed by atoms with Crippen molar-refractivity contribution in [1.29, 1.82) is 0 Å². The SMILES string of the molecule is CCOC(=O)c1sc(NC(=O)Cn2nc(C(=O)O)c3ccccc3c2=O)c(C(=O)OCC)c1C. The highest BCUT2D eigenvalue weighted by Gasteiger charge is 2.27. The molecule has 0 aliphatic heterocycles. The maximum atomic E-state index is 12.8. The fraction of sp³-hybridized carbons (Fsp3) is 0.273. The number of esters is 2. The summed E-state index contributed by atoms with van der Waals surface area (Å²) in [6, 6.07) is 6.03. The minimum atomic E-state index is -1.36. The van der Waals surface area contributed by atoms with E-state index in [9.17, 15) is 29.1 Å². The van der Waals surface area contributed by atoms with E-state index in [-0.39, 0.29) is 50.7 Å². The van der Waals surface area contributed by atoms with Crippen molar-refractivity contribution < 1.29 is 33.8 Å². The third-order valence-corrected chi connectivity index (χ3v) is 5.89. The summed E-state index contributed by atoms with van der Waals surface area (Å²) < 4.78 is 10.8. The van der Waals surface area contributed by atoms with Crippen molar-refractivity contribution in [2.45, 2.75) is 27.3 Å². The van der Waals surface area contributed by atoms with Crippen LogP contribution >= 0.6 is 11.3 Å². The zero-order valence-electron chi connectivity index (χ0n) is 18.5. The predicted molar refractivity (Wildman–Crippen MR) is 123 cm³/mol. The summed E-state index contributed by atoms with van der Waals surface area (Å²) in [4.78, 5) is 62.0. The highest BCUT2D eigenvalue weighted by molar-refractivity contribution is 7.18. The van der Waals surface area contributed by atoms with E-state index in [4.69, 9.17) is 9.47 Å². The number of ether oxygens (including phenoxy) is 2. The van der Waals surface area contributed by atoms with Crippen LogP contribution in [0, 0.1) is 6.92 Å². The third kappa shape index (κ3) is 4.81. The molecule has 0 aliphatic rings. The van der Waals surface area contributed by atoms with Crippen molar-refractivity contribution in [1.82, 2.24) is 9.78 Å². The smallest absolute Gasteiger partial charge is 0.357 e. The second kappa shape index (κ2) is 10.3. The topological polar surface area (TPSA) is 154 Å². The summed E-state index contributed by atoms with van der Waals surface area (Å²) in [5.74, 6) is -3.52. The molecule has 0 atom stereocenters. The number of nitrogens with zero attached hydrogens (tertiary/aromatic N) is 2. The molecular weight excluding hydrogens is 466 g/mol. The van der Waals surface area contributed by atoms with Gasteiger partial charge in [0.25, 0.3) is 5.56 Å². The Morgan fingerprint density at radius 1 is 1.06 bits per heavy atom. The molecule has 12 heteroatoms. The van der Waals surface area contributed by atoms with Crippen molar-refractivity contribution in [2.75, 3.05) is 18.5 Å². The number of hydrogen-bond acceptors (Lipinski definition) is 9.